The molecule has 0 bridgehead atoms. The highest BCUT2D eigenvalue weighted by atomic mass is 79.9. The van der Waals surface area contributed by atoms with Crippen LogP contribution in [-0.2, 0) is 12.0 Å². The molecular weight excluding hydrogens is 575 g/mol. The first-order valence-electron chi connectivity index (χ1n) is 11.1. The maximum atomic E-state index is 13.7. The van der Waals surface area contributed by atoms with Gasteiger partial charge in [0.25, 0.3) is 5.89 Å². The van der Waals surface area contributed by atoms with Crippen LogP contribution in [0.5, 0.6) is 0 Å². The molecule has 0 unspecified atom stereocenters. The quantitative estimate of drug-likeness (QED) is 0.233. The second-order valence-electron chi connectivity index (χ2n) is 8.61. The third kappa shape index (κ3) is 4.13. The highest BCUT2D eigenvalue weighted by Crippen LogP contribution is 2.58. The second kappa shape index (κ2) is 8.80. The molecule has 0 aliphatic heterocycles. The molecule has 0 saturated heterocycles. The minimum absolute atomic E-state index is 0.0951. The smallest absolute Gasteiger partial charge is 0.403 e. The Bertz CT molecular complexity index is 1570. The highest BCUT2D eigenvalue weighted by Gasteiger charge is 2.68. The maximum absolute atomic E-state index is 13.7. The summed E-state index contributed by atoms with van der Waals surface area (Å²) in [5.74, 6) is -0.126. The van der Waals surface area contributed by atoms with Gasteiger partial charge in [0.2, 0.25) is 5.89 Å². The highest BCUT2D eigenvalue weighted by molar-refractivity contribution is 9.10. The molecule has 0 radical (unpaired) electrons. The van der Waals surface area contributed by atoms with E-state index in [1.165, 1.54) is 12.7 Å². The monoisotopic (exact) mass is 589 g/mol. The first-order chi connectivity index (χ1) is 17.8. The molecule has 2 aromatic carbocycles. The summed E-state index contributed by atoms with van der Waals surface area (Å²) in [6.07, 6.45) is -1.76. The van der Waals surface area contributed by atoms with Crippen LogP contribution in [0.25, 0.3) is 28.7 Å². The Morgan fingerprint density at radius 1 is 1.05 bits per heavy atom. The van der Waals surface area contributed by atoms with Crippen molar-refractivity contribution in [3.8, 4) is 28.7 Å². The fraction of sp³-hybridized carbons (Fsp3) is 0.208. The van der Waals surface area contributed by atoms with Crippen LogP contribution in [0.2, 0.25) is 5.02 Å². The molecule has 0 amide bonds. The predicted octanol–water partition coefficient (Wildman–Crippen LogP) is 6.24. The number of halogens is 5. The number of imidazole rings is 1. The van der Waals surface area contributed by atoms with Crippen LogP contribution < -0.4 is 0 Å². The van der Waals surface area contributed by atoms with E-state index in [9.17, 15) is 13.2 Å². The van der Waals surface area contributed by atoms with E-state index in [4.69, 9.17) is 21.0 Å². The lowest BCUT2D eigenvalue weighted by molar-refractivity contribution is -0.165. The Morgan fingerprint density at radius 2 is 1.81 bits per heavy atom. The molecule has 1 aliphatic carbocycles. The number of hydrogen-bond donors (Lipinski definition) is 0. The largest absolute Gasteiger partial charge is 0.418 e. The molecule has 8 nitrogen and oxygen atoms in total. The molecule has 188 valence electrons. The standard InChI is InChI=1S/C24H16BrClF3N7O/c25-14-5-7-15(8-6-14)36-18(11-35-13-30-12-31-35)19(32-20(36)16-3-1-2-4-17(16)26)21-33-34-22(37-21)23(9-10-23)24(27,28)29/h1-8,12-13H,9-11H2. The van der Waals surface area contributed by atoms with Crippen LogP contribution in [0.3, 0.4) is 0 Å². The van der Waals surface area contributed by atoms with E-state index in [1.807, 2.05) is 41.0 Å². The Hall–Kier alpha value is -3.51. The number of benzene rings is 2. The summed E-state index contributed by atoms with van der Waals surface area (Å²) in [5, 5.41) is 12.4. The third-order valence-corrected chi connectivity index (χ3v) is 7.14. The lowest BCUT2D eigenvalue weighted by atomic mass is 10.1. The number of rotatable bonds is 6. The van der Waals surface area contributed by atoms with Crippen LogP contribution >= 0.6 is 27.5 Å². The number of nitrogens with zero attached hydrogens (tertiary/aromatic N) is 7. The normalized spacial score (nSPS) is 14.7. The van der Waals surface area contributed by atoms with Crippen molar-refractivity contribution in [1.82, 2.24) is 34.5 Å². The molecule has 13 heteroatoms. The number of alkyl halides is 3. The summed E-state index contributed by atoms with van der Waals surface area (Å²) in [7, 11) is 0. The molecule has 1 saturated carbocycles. The first-order valence-corrected chi connectivity index (χ1v) is 12.3. The first kappa shape index (κ1) is 23.9. The fourth-order valence-corrected chi connectivity index (χ4v) is 4.67. The van der Waals surface area contributed by atoms with Crippen molar-refractivity contribution in [2.75, 3.05) is 0 Å². The van der Waals surface area contributed by atoms with Crippen LogP contribution in [0.1, 0.15) is 24.4 Å². The maximum Gasteiger partial charge on any atom is 0.403 e. The zero-order valence-electron chi connectivity index (χ0n) is 18.8. The van der Waals surface area contributed by atoms with Crippen molar-refractivity contribution >= 4 is 27.5 Å². The van der Waals surface area contributed by atoms with Gasteiger partial charge in [0, 0.05) is 15.7 Å². The van der Waals surface area contributed by atoms with Gasteiger partial charge in [-0.15, -0.1) is 10.2 Å². The van der Waals surface area contributed by atoms with Crippen molar-refractivity contribution < 1.29 is 17.6 Å². The Morgan fingerprint density at radius 3 is 2.46 bits per heavy atom. The van der Waals surface area contributed by atoms with Crippen molar-refractivity contribution in [3.05, 3.63) is 82.3 Å². The van der Waals surface area contributed by atoms with Crippen LogP contribution in [0, 0.1) is 0 Å². The Balaban J connectivity index is 1.59. The van der Waals surface area contributed by atoms with Gasteiger partial charge in [-0.05, 0) is 49.2 Å². The summed E-state index contributed by atoms with van der Waals surface area (Å²) in [6, 6.07) is 14.7. The minimum atomic E-state index is -4.49. The zero-order valence-corrected chi connectivity index (χ0v) is 21.2. The summed E-state index contributed by atoms with van der Waals surface area (Å²) in [6.45, 7) is 0.172. The summed E-state index contributed by atoms with van der Waals surface area (Å²) < 4.78 is 51.1. The molecule has 3 heterocycles. The molecule has 1 aliphatic rings. The van der Waals surface area contributed by atoms with Crippen molar-refractivity contribution in [2.24, 2.45) is 0 Å². The van der Waals surface area contributed by atoms with Gasteiger partial charge in [-0.1, -0.05) is 39.7 Å². The molecule has 3 aromatic heterocycles. The SMILES string of the molecule is FC(F)(F)C1(c2nnc(-c3nc(-c4ccccc4Cl)n(-c4ccc(Br)cc4)c3Cn3cncn3)o2)CC1. The van der Waals surface area contributed by atoms with Gasteiger partial charge >= 0.3 is 6.18 Å². The Kier molecular flexibility index (Phi) is 5.68. The van der Waals surface area contributed by atoms with Gasteiger partial charge in [-0.2, -0.15) is 18.3 Å². The minimum Gasteiger partial charge on any atom is -0.418 e. The van der Waals surface area contributed by atoms with E-state index in [-0.39, 0.29) is 31.0 Å². The number of aromatic nitrogens is 7. The predicted molar refractivity (Wildman–Crippen MR) is 131 cm³/mol. The van der Waals surface area contributed by atoms with Gasteiger partial charge in [0.05, 0.1) is 17.3 Å². The van der Waals surface area contributed by atoms with Crippen molar-refractivity contribution in [2.45, 2.75) is 31.0 Å². The topological polar surface area (TPSA) is 87.5 Å². The van der Waals surface area contributed by atoms with Crippen LogP contribution in [0.4, 0.5) is 13.2 Å². The zero-order chi connectivity index (χ0) is 25.8. The summed E-state index contributed by atoms with van der Waals surface area (Å²) >= 11 is 10.0. The molecule has 0 atom stereocenters. The second-order valence-corrected chi connectivity index (χ2v) is 9.93. The molecule has 37 heavy (non-hydrogen) atoms. The summed E-state index contributed by atoms with van der Waals surface area (Å²) in [4.78, 5) is 8.80. The molecule has 6 rings (SSSR count). The third-order valence-electron chi connectivity index (χ3n) is 6.28. The van der Waals surface area contributed by atoms with Gasteiger partial charge in [-0.3, -0.25) is 4.57 Å². The molecule has 0 N–H and O–H groups in total. The number of hydrogen-bond acceptors (Lipinski definition) is 6. The van der Waals surface area contributed by atoms with E-state index in [0.29, 0.717) is 22.1 Å². The molecule has 5 aromatic rings. The summed E-state index contributed by atoms with van der Waals surface area (Å²) in [5.41, 5.74) is 0.0249. The van der Waals surface area contributed by atoms with Gasteiger partial charge in [0.1, 0.15) is 23.9 Å². The molecular formula is C24H16BrClF3N7O. The van der Waals surface area contributed by atoms with Crippen LogP contribution in [-0.4, -0.2) is 40.7 Å². The fourth-order valence-electron chi connectivity index (χ4n) is 4.19. The lowest BCUT2D eigenvalue weighted by Crippen LogP contribution is -2.28. The van der Waals surface area contributed by atoms with Gasteiger partial charge in [0.15, 0.2) is 5.69 Å². The molecule has 1 fully saturated rings. The molecule has 0 spiro atoms. The van der Waals surface area contributed by atoms with E-state index in [0.717, 1.165) is 10.2 Å². The Labute approximate surface area is 221 Å². The van der Waals surface area contributed by atoms with E-state index >= 15 is 0 Å². The van der Waals surface area contributed by atoms with Gasteiger partial charge < -0.3 is 4.42 Å². The average molecular weight is 591 g/mol. The lowest BCUT2D eigenvalue weighted by Gasteiger charge is -2.14. The van der Waals surface area contributed by atoms with Gasteiger partial charge in [-0.25, -0.2) is 14.6 Å². The average Bonchev–Trinajstić information content (AvgIpc) is 3.20. The van der Waals surface area contributed by atoms with Crippen molar-refractivity contribution in [1.29, 1.82) is 0 Å². The van der Waals surface area contributed by atoms with E-state index < -0.39 is 17.5 Å². The van der Waals surface area contributed by atoms with Crippen LogP contribution in [0.15, 0.2) is 70.1 Å². The van der Waals surface area contributed by atoms with Crippen molar-refractivity contribution in [3.63, 3.8) is 0 Å². The van der Waals surface area contributed by atoms with E-state index in [2.05, 4.69) is 36.2 Å². The van der Waals surface area contributed by atoms with E-state index in [1.54, 1.807) is 16.8 Å².